The van der Waals surface area contributed by atoms with E-state index in [1.165, 1.54) is 0 Å². The van der Waals surface area contributed by atoms with Crippen LogP contribution in [0.1, 0.15) is 20.8 Å². The maximum absolute atomic E-state index is 11.0. The zero-order valence-electron chi connectivity index (χ0n) is 8.82. The molecule has 0 bridgehead atoms. The molecule has 1 rings (SSSR count). The largest absolute Gasteiger partial charge is 0.368 e. The third-order valence-electron chi connectivity index (χ3n) is 2.60. The van der Waals surface area contributed by atoms with Crippen LogP contribution in [0, 0.1) is 5.92 Å². The van der Waals surface area contributed by atoms with E-state index in [4.69, 9.17) is 9.26 Å². The second-order valence-corrected chi connectivity index (χ2v) is 4.04. The van der Waals surface area contributed by atoms with Crippen molar-refractivity contribution in [2.45, 2.75) is 33.0 Å². The molecular weight excluding hydrogens is 199 g/mol. The van der Waals surface area contributed by atoms with E-state index in [0.717, 1.165) is 5.57 Å². The Labute approximate surface area is 87.1 Å². The summed E-state index contributed by atoms with van der Waals surface area (Å²) in [6.07, 6.45) is 1.76. The first kappa shape index (κ1) is 11.8. The van der Waals surface area contributed by atoms with E-state index >= 15 is 0 Å². The summed E-state index contributed by atoms with van der Waals surface area (Å²) in [5.41, 5.74) is 1.05. The number of carbonyl (C=O) groups excluding carboxylic acids is 1. The number of hydrogen-bond acceptors (Lipinski definition) is 3. The highest BCUT2D eigenvalue weighted by atomic mass is 31.0. The van der Waals surface area contributed by atoms with Crippen molar-refractivity contribution in [3.8, 4) is 0 Å². The number of rotatable bonds is 3. The molecule has 0 spiro atoms. The van der Waals surface area contributed by atoms with Crippen molar-refractivity contribution in [3.63, 3.8) is 0 Å². The van der Waals surface area contributed by atoms with E-state index < -0.39 is 0 Å². The molecule has 0 aromatic heterocycles. The molecule has 0 radical (unpaired) electrons. The molecule has 80 valence electrons. The fourth-order valence-corrected chi connectivity index (χ4v) is 1.88. The predicted octanol–water partition coefficient (Wildman–Crippen LogP) is 1.73. The summed E-state index contributed by atoms with van der Waals surface area (Å²) in [5.74, 6) is 0.363. The van der Waals surface area contributed by atoms with Crippen LogP contribution in [0.4, 0.5) is 0 Å². The van der Waals surface area contributed by atoms with Crippen LogP contribution in [0.3, 0.4) is 0 Å². The van der Waals surface area contributed by atoms with Gasteiger partial charge in [0.2, 0.25) is 0 Å². The van der Waals surface area contributed by atoms with Crippen LogP contribution in [0.5, 0.6) is 0 Å². The Hall–Kier alpha value is -0.240. The molecule has 1 saturated heterocycles. The van der Waals surface area contributed by atoms with Crippen molar-refractivity contribution in [3.05, 3.63) is 11.6 Å². The molecule has 0 amide bonds. The second-order valence-electron chi connectivity index (χ2n) is 3.71. The van der Waals surface area contributed by atoms with Crippen molar-refractivity contribution >= 4 is 15.2 Å². The summed E-state index contributed by atoms with van der Waals surface area (Å²) in [7, 11) is 2.20. The van der Waals surface area contributed by atoms with Crippen LogP contribution < -0.4 is 0 Å². The van der Waals surface area contributed by atoms with Gasteiger partial charge in [0, 0.05) is 15.4 Å². The summed E-state index contributed by atoms with van der Waals surface area (Å²) in [6, 6.07) is 0. The van der Waals surface area contributed by atoms with Crippen LogP contribution in [0.2, 0.25) is 0 Å². The molecule has 0 aromatic carbocycles. The normalized spacial score (nSPS) is 35.1. The molecule has 0 aromatic rings. The van der Waals surface area contributed by atoms with Gasteiger partial charge in [0.05, 0.1) is 12.7 Å². The van der Waals surface area contributed by atoms with E-state index in [9.17, 15) is 4.79 Å². The van der Waals surface area contributed by atoms with Gasteiger partial charge in [-0.05, 0) is 25.5 Å². The Bertz CT molecular complexity index is 250. The van der Waals surface area contributed by atoms with Crippen LogP contribution in [0.25, 0.3) is 0 Å². The first-order valence-corrected chi connectivity index (χ1v) is 5.22. The van der Waals surface area contributed by atoms with Gasteiger partial charge in [-0.2, -0.15) is 0 Å². The lowest BCUT2D eigenvalue weighted by Gasteiger charge is -2.10. The molecule has 14 heavy (non-hydrogen) atoms. The van der Waals surface area contributed by atoms with Gasteiger partial charge in [-0.1, -0.05) is 6.92 Å². The zero-order chi connectivity index (χ0) is 10.7. The minimum Gasteiger partial charge on any atom is -0.368 e. The van der Waals surface area contributed by atoms with Crippen LogP contribution >= 0.6 is 9.47 Å². The Balaban J connectivity index is 2.81. The van der Waals surface area contributed by atoms with Gasteiger partial charge in [-0.25, -0.2) is 0 Å². The van der Waals surface area contributed by atoms with Gasteiger partial charge in [0.15, 0.2) is 5.78 Å². The zero-order valence-corrected chi connectivity index (χ0v) is 9.97. The SMILES string of the molecule is CC(=O)/C=C1/[C@@H](COP)O[C@@H](C)[C@H]1C. The molecule has 4 heteroatoms. The third-order valence-corrected chi connectivity index (χ3v) is 2.79. The van der Waals surface area contributed by atoms with Crippen LogP contribution in [0.15, 0.2) is 11.6 Å². The van der Waals surface area contributed by atoms with Crippen molar-refractivity contribution in [1.29, 1.82) is 0 Å². The average Bonchev–Trinajstić information content (AvgIpc) is 2.33. The van der Waals surface area contributed by atoms with Crippen LogP contribution in [-0.2, 0) is 14.1 Å². The molecule has 0 N–H and O–H groups in total. The van der Waals surface area contributed by atoms with E-state index in [1.54, 1.807) is 13.0 Å². The fraction of sp³-hybridized carbons (Fsp3) is 0.700. The maximum Gasteiger partial charge on any atom is 0.152 e. The van der Waals surface area contributed by atoms with Crippen molar-refractivity contribution < 1.29 is 14.1 Å². The Kier molecular flexibility index (Phi) is 4.24. The van der Waals surface area contributed by atoms with Gasteiger partial charge in [0.1, 0.15) is 6.10 Å². The second kappa shape index (κ2) is 5.01. The highest BCUT2D eigenvalue weighted by Crippen LogP contribution is 2.32. The Morgan fingerprint density at radius 1 is 1.64 bits per heavy atom. The van der Waals surface area contributed by atoms with Crippen molar-refractivity contribution in [1.82, 2.24) is 0 Å². The van der Waals surface area contributed by atoms with Crippen LogP contribution in [-0.4, -0.2) is 24.6 Å². The topological polar surface area (TPSA) is 35.5 Å². The predicted molar refractivity (Wildman–Crippen MR) is 57.9 cm³/mol. The minimum atomic E-state index is -0.0681. The summed E-state index contributed by atoms with van der Waals surface area (Å²) in [6.45, 7) is 6.13. The molecule has 1 heterocycles. The molecule has 1 fully saturated rings. The number of ketones is 1. The standard InChI is InChI=1S/C10H17O3P/c1-6(11)4-9-7(2)8(3)13-10(9)5-12-14/h4,7-8,10H,5,14H2,1-3H3/b9-4+/t7-,8+,10-/m1/s1. The number of hydrogen-bond donors (Lipinski definition) is 0. The first-order valence-electron chi connectivity index (χ1n) is 4.75. The van der Waals surface area contributed by atoms with E-state index in [1.807, 2.05) is 6.92 Å². The number of ether oxygens (including phenoxy) is 1. The van der Waals surface area contributed by atoms with Crippen molar-refractivity contribution in [2.24, 2.45) is 5.92 Å². The smallest absolute Gasteiger partial charge is 0.152 e. The summed E-state index contributed by atoms with van der Waals surface area (Å²) < 4.78 is 10.6. The molecule has 1 unspecified atom stereocenters. The van der Waals surface area contributed by atoms with Gasteiger partial charge >= 0.3 is 0 Å². The van der Waals surface area contributed by atoms with E-state index in [-0.39, 0.29) is 18.0 Å². The summed E-state index contributed by atoms with van der Waals surface area (Å²) in [5, 5.41) is 0. The number of allylic oxidation sites excluding steroid dienone is 1. The van der Waals surface area contributed by atoms with Gasteiger partial charge in [0.25, 0.3) is 0 Å². The van der Waals surface area contributed by atoms with Gasteiger partial charge < -0.3 is 9.26 Å². The van der Waals surface area contributed by atoms with Crippen molar-refractivity contribution in [2.75, 3.05) is 6.61 Å². The molecule has 3 nitrogen and oxygen atoms in total. The minimum absolute atomic E-state index is 0.0679. The third kappa shape index (κ3) is 2.63. The van der Waals surface area contributed by atoms with E-state index in [2.05, 4.69) is 16.4 Å². The molecule has 1 aliphatic rings. The lowest BCUT2D eigenvalue weighted by atomic mass is 9.95. The molecule has 1 aliphatic heterocycles. The van der Waals surface area contributed by atoms with E-state index in [0.29, 0.717) is 12.5 Å². The molecule has 0 saturated carbocycles. The summed E-state index contributed by atoms with van der Waals surface area (Å²) >= 11 is 0. The van der Waals surface area contributed by atoms with Gasteiger partial charge in [-0.15, -0.1) is 0 Å². The molecular formula is C10H17O3P. The lowest BCUT2D eigenvalue weighted by Crippen LogP contribution is -2.15. The summed E-state index contributed by atoms with van der Waals surface area (Å²) in [4.78, 5) is 11.0. The molecule has 0 aliphatic carbocycles. The molecule has 4 atom stereocenters. The fourth-order valence-electron chi connectivity index (χ4n) is 1.70. The average molecular weight is 216 g/mol. The number of carbonyl (C=O) groups is 1. The lowest BCUT2D eigenvalue weighted by molar-refractivity contribution is -0.112. The highest BCUT2D eigenvalue weighted by molar-refractivity contribution is 7.09. The monoisotopic (exact) mass is 216 g/mol. The quantitative estimate of drug-likeness (QED) is 0.532. The maximum atomic E-state index is 11.0. The Morgan fingerprint density at radius 3 is 2.79 bits per heavy atom. The highest BCUT2D eigenvalue weighted by Gasteiger charge is 2.34. The first-order chi connectivity index (χ1) is 6.56. The Morgan fingerprint density at radius 2 is 2.29 bits per heavy atom. The van der Waals surface area contributed by atoms with Gasteiger partial charge in [-0.3, -0.25) is 4.79 Å².